The number of benzene rings is 1. The Kier molecular flexibility index (Phi) is 5.70. The average Bonchev–Trinajstić information content (AvgIpc) is 2.88. The fraction of sp³-hybridized carbons (Fsp3) is 0.526. The van der Waals surface area contributed by atoms with Gasteiger partial charge in [0, 0.05) is 11.1 Å². The first-order valence-electron chi connectivity index (χ1n) is 8.68. The SMILES string of the molecule is CC(Sc1nnc(C(C)(C)C)n1N)C(=O)Nc1ccc(C(C)(C)C)cc1. The van der Waals surface area contributed by atoms with E-state index in [-0.39, 0.29) is 22.0 Å². The van der Waals surface area contributed by atoms with Gasteiger partial charge in [0.2, 0.25) is 11.1 Å². The third-order valence-corrected chi connectivity index (χ3v) is 5.06. The van der Waals surface area contributed by atoms with Crippen molar-refractivity contribution in [2.75, 3.05) is 11.2 Å². The van der Waals surface area contributed by atoms with Gasteiger partial charge in [0.15, 0.2) is 5.82 Å². The first kappa shape index (κ1) is 20.3. The zero-order chi connectivity index (χ0) is 19.7. The summed E-state index contributed by atoms with van der Waals surface area (Å²) in [7, 11) is 0. The number of anilines is 1. The highest BCUT2D eigenvalue weighted by atomic mass is 32.2. The molecule has 3 N–H and O–H groups in total. The van der Waals surface area contributed by atoms with Crippen LogP contribution in [0, 0.1) is 0 Å². The van der Waals surface area contributed by atoms with Crippen molar-refractivity contribution in [3.05, 3.63) is 35.7 Å². The fourth-order valence-electron chi connectivity index (χ4n) is 2.38. The number of nitrogens with two attached hydrogens (primary N) is 1. The Morgan fingerprint density at radius 1 is 1.08 bits per heavy atom. The molecule has 0 fully saturated rings. The minimum atomic E-state index is -0.350. The van der Waals surface area contributed by atoms with Crippen molar-refractivity contribution >= 4 is 23.4 Å². The third kappa shape index (κ3) is 4.78. The summed E-state index contributed by atoms with van der Waals surface area (Å²) in [5, 5.41) is 11.4. The zero-order valence-corrected chi connectivity index (χ0v) is 17.4. The van der Waals surface area contributed by atoms with Crippen molar-refractivity contribution in [2.24, 2.45) is 0 Å². The average molecular weight is 376 g/mol. The molecule has 1 unspecified atom stereocenters. The zero-order valence-electron chi connectivity index (χ0n) is 16.6. The molecule has 1 aromatic carbocycles. The summed E-state index contributed by atoms with van der Waals surface area (Å²) in [6.07, 6.45) is 0. The largest absolute Gasteiger partial charge is 0.336 e. The van der Waals surface area contributed by atoms with Gasteiger partial charge in [-0.3, -0.25) is 4.79 Å². The lowest BCUT2D eigenvalue weighted by atomic mass is 9.87. The molecule has 6 nitrogen and oxygen atoms in total. The highest BCUT2D eigenvalue weighted by Gasteiger charge is 2.25. The number of carbonyl (C=O) groups excluding carboxylic acids is 1. The number of amides is 1. The molecule has 0 radical (unpaired) electrons. The molecule has 0 spiro atoms. The Morgan fingerprint density at radius 2 is 1.65 bits per heavy atom. The molecule has 1 aromatic heterocycles. The first-order chi connectivity index (χ1) is 11.9. The summed E-state index contributed by atoms with van der Waals surface area (Å²) in [6.45, 7) is 14.4. The van der Waals surface area contributed by atoms with Crippen LogP contribution in [0.25, 0.3) is 0 Å². The van der Waals surface area contributed by atoms with Crippen molar-refractivity contribution in [3.63, 3.8) is 0 Å². The van der Waals surface area contributed by atoms with Gasteiger partial charge < -0.3 is 11.2 Å². The molecule has 2 rings (SSSR count). The van der Waals surface area contributed by atoms with Crippen LogP contribution in [-0.4, -0.2) is 26.0 Å². The molecule has 142 valence electrons. The van der Waals surface area contributed by atoms with Gasteiger partial charge >= 0.3 is 0 Å². The second kappa shape index (κ2) is 7.31. The first-order valence-corrected chi connectivity index (χ1v) is 9.56. The fourth-order valence-corrected chi connectivity index (χ4v) is 3.15. The lowest BCUT2D eigenvalue weighted by Crippen LogP contribution is -2.26. The van der Waals surface area contributed by atoms with E-state index in [1.54, 1.807) is 0 Å². The second-order valence-electron chi connectivity index (χ2n) is 8.50. The van der Waals surface area contributed by atoms with Crippen LogP contribution in [0.3, 0.4) is 0 Å². The number of nitrogen functional groups attached to an aromatic ring is 1. The molecule has 26 heavy (non-hydrogen) atoms. The number of nitrogens with zero attached hydrogens (tertiary/aromatic N) is 3. The molecule has 0 saturated carbocycles. The monoisotopic (exact) mass is 375 g/mol. The molecule has 1 atom stereocenters. The maximum absolute atomic E-state index is 12.5. The summed E-state index contributed by atoms with van der Waals surface area (Å²) < 4.78 is 1.46. The number of rotatable bonds is 4. The van der Waals surface area contributed by atoms with Crippen molar-refractivity contribution in [3.8, 4) is 0 Å². The lowest BCUT2D eigenvalue weighted by molar-refractivity contribution is -0.115. The van der Waals surface area contributed by atoms with E-state index in [1.807, 2.05) is 52.0 Å². The van der Waals surface area contributed by atoms with E-state index in [1.165, 1.54) is 22.0 Å². The van der Waals surface area contributed by atoms with Crippen LogP contribution in [0.4, 0.5) is 5.69 Å². The quantitative estimate of drug-likeness (QED) is 0.628. The maximum Gasteiger partial charge on any atom is 0.237 e. The van der Waals surface area contributed by atoms with Crippen molar-refractivity contribution in [1.29, 1.82) is 0 Å². The summed E-state index contributed by atoms with van der Waals surface area (Å²) in [5.41, 5.74) is 1.88. The predicted octanol–water partition coefficient (Wildman–Crippen LogP) is 3.71. The van der Waals surface area contributed by atoms with Crippen molar-refractivity contribution in [2.45, 2.75) is 69.7 Å². The van der Waals surface area contributed by atoms with Gasteiger partial charge in [-0.05, 0) is 30.0 Å². The number of nitrogens with one attached hydrogen (secondary N) is 1. The minimum Gasteiger partial charge on any atom is -0.336 e. The minimum absolute atomic E-state index is 0.0850. The van der Waals surface area contributed by atoms with Crippen LogP contribution in [0.2, 0.25) is 0 Å². The third-order valence-electron chi connectivity index (χ3n) is 4.01. The number of carbonyl (C=O) groups is 1. The van der Waals surface area contributed by atoms with Gasteiger partial charge in [-0.1, -0.05) is 65.4 Å². The maximum atomic E-state index is 12.5. The Labute approximate surface area is 159 Å². The Balaban J connectivity index is 2.03. The van der Waals surface area contributed by atoms with E-state index >= 15 is 0 Å². The van der Waals surface area contributed by atoms with E-state index < -0.39 is 0 Å². The summed E-state index contributed by atoms with van der Waals surface area (Å²) in [4.78, 5) is 12.5. The topological polar surface area (TPSA) is 85.8 Å². The molecule has 2 aromatic rings. The standard InChI is InChI=1S/C19H29N5OS/c1-12(26-17-23-22-16(24(17)20)19(5,6)7)15(25)21-14-10-8-13(9-11-14)18(2,3)4/h8-12H,20H2,1-7H3,(H,21,25). The summed E-state index contributed by atoms with van der Waals surface area (Å²) in [5.74, 6) is 6.67. The molecule has 1 heterocycles. The molecule has 0 aliphatic heterocycles. The van der Waals surface area contributed by atoms with E-state index in [0.717, 1.165) is 5.69 Å². The molecule has 1 amide bonds. The summed E-state index contributed by atoms with van der Waals surface area (Å²) in [6, 6.07) is 7.94. The van der Waals surface area contributed by atoms with E-state index in [4.69, 9.17) is 5.84 Å². The van der Waals surface area contributed by atoms with Gasteiger partial charge in [0.05, 0.1) is 5.25 Å². The van der Waals surface area contributed by atoms with E-state index in [9.17, 15) is 4.79 Å². The Bertz CT molecular complexity index is 769. The van der Waals surface area contributed by atoms with Crippen LogP contribution in [-0.2, 0) is 15.6 Å². The number of aromatic nitrogens is 3. The molecular weight excluding hydrogens is 346 g/mol. The molecule has 0 bridgehead atoms. The number of thioether (sulfide) groups is 1. The Hall–Kier alpha value is -2.02. The van der Waals surface area contributed by atoms with Crippen LogP contribution in [0.1, 0.15) is 59.9 Å². The second-order valence-corrected chi connectivity index (χ2v) is 9.81. The summed E-state index contributed by atoms with van der Waals surface area (Å²) >= 11 is 1.29. The smallest absolute Gasteiger partial charge is 0.237 e. The van der Waals surface area contributed by atoms with Crippen molar-refractivity contribution < 1.29 is 4.79 Å². The van der Waals surface area contributed by atoms with Crippen LogP contribution in [0.5, 0.6) is 0 Å². The van der Waals surface area contributed by atoms with Gasteiger partial charge in [0.1, 0.15) is 0 Å². The molecule has 0 saturated heterocycles. The number of hydrogen-bond acceptors (Lipinski definition) is 5. The normalized spacial score (nSPS) is 13.5. The molecular formula is C19H29N5OS. The van der Waals surface area contributed by atoms with Crippen LogP contribution in [0.15, 0.2) is 29.4 Å². The predicted molar refractivity (Wildman–Crippen MR) is 108 cm³/mol. The van der Waals surface area contributed by atoms with Gasteiger partial charge in [-0.15, -0.1) is 10.2 Å². The highest BCUT2D eigenvalue weighted by molar-refractivity contribution is 8.00. The molecule has 7 heteroatoms. The van der Waals surface area contributed by atoms with Gasteiger partial charge in [-0.2, -0.15) is 0 Å². The van der Waals surface area contributed by atoms with Gasteiger partial charge in [-0.25, -0.2) is 4.68 Å². The highest BCUT2D eigenvalue weighted by Crippen LogP contribution is 2.27. The van der Waals surface area contributed by atoms with E-state index in [0.29, 0.717) is 11.0 Å². The van der Waals surface area contributed by atoms with Gasteiger partial charge in [0.25, 0.3) is 0 Å². The van der Waals surface area contributed by atoms with Crippen molar-refractivity contribution in [1.82, 2.24) is 14.9 Å². The van der Waals surface area contributed by atoms with Crippen LogP contribution >= 0.6 is 11.8 Å². The molecule has 0 aliphatic carbocycles. The lowest BCUT2D eigenvalue weighted by Gasteiger charge is -2.19. The Morgan fingerprint density at radius 3 is 2.12 bits per heavy atom. The van der Waals surface area contributed by atoms with E-state index in [2.05, 4.69) is 36.3 Å². The number of hydrogen-bond donors (Lipinski definition) is 2. The molecule has 0 aliphatic rings. The van der Waals surface area contributed by atoms with Crippen LogP contribution < -0.4 is 11.2 Å².